The normalized spacial score (nSPS) is 18.4. The van der Waals surface area contributed by atoms with Gasteiger partial charge < -0.3 is 4.90 Å². The van der Waals surface area contributed by atoms with Gasteiger partial charge in [0, 0.05) is 24.2 Å². The summed E-state index contributed by atoms with van der Waals surface area (Å²) in [6.45, 7) is 7.48. The van der Waals surface area contributed by atoms with Gasteiger partial charge in [0.25, 0.3) is 0 Å². The molecule has 0 aromatic heterocycles. The Morgan fingerprint density at radius 1 is 1.47 bits per heavy atom. The van der Waals surface area contributed by atoms with Crippen LogP contribution in [0, 0.1) is 6.92 Å². The first kappa shape index (κ1) is 14.1. The number of nitrogens with zero attached hydrogens (tertiary/aromatic N) is 2. The van der Waals surface area contributed by atoms with Crippen molar-refractivity contribution in [3.8, 4) is 0 Å². The molecular weight excluding hydrogens is 256 g/mol. The second-order valence-corrected chi connectivity index (χ2v) is 5.52. The molecule has 1 aromatic rings. The fraction of sp³-hybridized carbons (Fsp3) is 0.438. The number of hydrogen-bond acceptors (Lipinski definition) is 1. The van der Waals surface area contributed by atoms with E-state index >= 15 is 0 Å². The molecule has 0 bridgehead atoms. The van der Waals surface area contributed by atoms with Gasteiger partial charge >= 0.3 is 0 Å². The van der Waals surface area contributed by atoms with Crippen LogP contribution < -0.4 is 0 Å². The largest absolute Gasteiger partial charge is 0.337 e. The molecule has 0 amide bonds. The van der Waals surface area contributed by atoms with E-state index in [1.807, 2.05) is 18.2 Å². The summed E-state index contributed by atoms with van der Waals surface area (Å²) in [6.07, 6.45) is 5.55. The Bertz CT molecular complexity index is 517. The number of hydrogen-bond donors (Lipinski definition) is 0. The molecule has 1 aromatic carbocycles. The molecule has 0 N–H and O–H groups in total. The van der Waals surface area contributed by atoms with Gasteiger partial charge in [0.05, 0.1) is 5.69 Å². The molecule has 2 nitrogen and oxygen atoms in total. The zero-order chi connectivity index (χ0) is 13.8. The van der Waals surface area contributed by atoms with Crippen molar-refractivity contribution >= 4 is 23.1 Å². The fourth-order valence-corrected chi connectivity index (χ4v) is 2.41. The molecule has 102 valence electrons. The zero-order valence-corrected chi connectivity index (χ0v) is 12.7. The number of allylic oxidation sites excluding steroid dienone is 1. The summed E-state index contributed by atoms with van der Waals surface area (Å²) < 4.78 is 0. The minimum atomic E-state index is 0.770. The van der Waals surface area contributed by atoms with Crippen molar-refractivity contribution in [2.45, 2.75) is 40.0 Å². The molecule has 0 radical (unpaired) electrons. The summed E-state index contributed by atoms with van der Waals surface area (Å²) in [7, 11) is 0. The maximum Gasteiger partial charge on any atom is 0.109 e. The Kier molecular flexibility index (Phi) is 4.65. The highest BCUT2D eigenvalue weighted by Gasteiger charge is 2.17. The van der Waals surface area contributed by atoms with E-state index in [0.29, 0.717) is 0 Å². The molecule has 0 unspecified atom stereocenters. The molecule has 1 saturated heterocycles. The van der Waals surface area contributed by atoms with Gasteiger partial charge in [-0.2, -0.15) is 0 Å². The van der Waals surface area contributed by atoms with Crippen LogP contribution in [0.1, 0.15) is 38.7 Å². The summed E-state index contributed by atoms with van der Waals surface area (Å²) in [6, 6.07) is 5.87. The van der Waals surface area contributed by atoms with E-state index in [4.69, 9.17) is 16.6 Å². The molecule has 1 aliphatic rings. The van der Waals surface area contributed by atoms with E-state index in [1.54, 1.807) is 0 Å². The first-order valence-corrected chi connectivity index (χ1v) is 7.25. The topological polar surface area (TPSA) is 15.6 Å². The molecule has 1 heterocycles. The highest BCUT2D eigenvalue weighted by molar-refractivity contribution is 6.30. The van der Waals surface area contributed by atoms with E-state index in [1.165, 1.54) is 17.8 Å². The van der Waals surface area contributed by atoms with E-state index in [0.717, 1.165) is 35.7 Å². The zero-order valence-electron chi connectivity index (χ0n) is 11.9. The number of benzene rings is 1. The van der Waals surface area contributed by atoms with Crippen LogP contribution in [0.2, 0.25) is 5.02 Å². The monoisotopic (exact) mass is 276 g/mol. The quantitative estimate of drug-likeness (QED) is 0.751. The molecule has 19 heavy (non-hydrogen) atoms. The summed E-state index contributed by atoms with van der Waals surface area (Å²) in [5.74, 6) is 1.17. The number of likely N-dealkylation sites (tertiary alicyclic amines) is 1. The van der Waals surface area contributed by atoms with Crippen molar-refractivity contribution < 1.29 is 0 Å². The van der Waals surface area contributed by atoms with Gasteiger partial charge in [-0.15, -0.1) is 0 Å². The van der Waals surface area contributed by atoms with E-state index in [9.17, 15) is 0 Å². The average molecular weight is 277 g/mol. The molecule has 1 aliphatic heterocycles. The molecule has 0 saturated carbocycles. The van der Waals surface area contributed by atoms with Crippen molar-refractivity contribution in [3.63, 3.8) is 0 Å². The first-order chi connectivity index (χ1) is 9.10. The van der Waals surface area contributed by atoms with Gasteiger partial charge in [-0.1, -0.05) is 24.1 Å². The second kappa shape index (κ2) is 6.25. The van der Waals surface area contributed by atoms with Gasteiger partial charge in [-0.25, -0.2) is 4.99 Å². The van der Waals surface area contributed by atoms with Crippen molar-refractivity contribution in [1.29, 1.82) is 0 Å². The lowest BCUT2D eigenvalue weighted by Gasteiger charge is -2.15. The third kappa shape index (κ3) is 3.60. The predicted molar refractivity (Wildman–Crippen MR) is 83.3 cm³/mol. The Morgan fingerprint density at radius 2 is 2.26 bits per heavy atom. The predicted octanol–water partition coefficient (Wildman–Crippen LogP) is 5.09. The van der Waals surface area contributed by atoms with Crippen molar-refractivity contribution in [3.05, 3.63) is 40.6 Å². The van der Waals surface area contributed by atoms with Crippen LogP contribution in [0.25, 0.3) is 0 Å². The molecule has 2 rings (SSSR count). The van der Waals surface area contributed by atoms with Crippen molar-refractivity contribution in [2.75, 3.05) is 6.54 Å². The smallest absolute Gasteiger partial charge is 0.109 e. The lowest BCUT2D eigenvalue weighted by atomic mass is 10.2. The number of halogens is 1. The third-order valence-corrected chi connectivity index (χ3v) is 3.71. The van der Waals surface area contributed by atoms with E-state index < -0.39 is 0 Å². The van der Waals surface area contributed by atoms with E-state index in [-0.39, 0.29) is 0 Å². The number of aryl methyl sites for hydroxylation is 1. The van der Waals surface area contributed by atoms with Gasteiger partial charge in [0.1, 0.15) is 5.84 Å². The molecule has 0 spiro atoms. The molecule has 1 fully saturated rings. The van der Waals surface area contributed by atoms with Crippen LogP contribution in [0.15, 0.2) is 35.0 Å². The van der Waals surface area contributed by atoms with Crippen LogP contribution in [-0.4, -0.2) is 17.3 Å². The van der Waals surface area contributed by atoms with E-state index in [2.05, 4.69) is 31.9 Å². The molecule has 3 heteroatoms. The second-order valence-electron chi connectivity index (χ2n) is 5.08. The SMILES string of the molecule is CC/C(C)=C\N1CCCC1=Nc1ccc(Cl)cc1C. The number of rotatable bonds is 3. The average Bonchev–Trinajstić information content (AvgIpc) is 2.80. The summed E-state index contributed by atoms with van der Waals surface area (Å²) in [5.41, 5.74) is 3.54. The lowest BCUT2D eigenvalue weighted by Crippen LogP contribution is -2.18. The van der Waals surface area contributed by atoms with Crippen LogP contribution in [0.4, 0.5) is 5.69 Å². The maximum atomic E-state index is 5.98. The van der Waals surface area contributed by atoms with Crippen molar-refractivity contribution in [1.82, 2.24) is 4.90 Å². The fourth-order valence-electron chi connectivity index (χ4n) is 2.18. The van der Waals surface area contributed by atoms with Gasteiger partial charge in [-0.05, 0) is 50.5 Å². The van der Waals surface area contributed by atoms with Crippen LogP contribution in [0.3, 0.4) is 0 Å². The minimum absolute atomic E-state index is 0.770. The maximum absolute atomic E-state index is 5.98. The van der Waals surface area contributed by atoms with Crippen LogP contribution in [-0.2, 0) is 0 Å². The third-order valence-electron chi connectivity index (χ3n) is 3.47. The minimum Gasteiger partial charge on any atom is -0.337 e. The van der Waals surface area contributed by atoms with Crippen molar-refractivity contribution in [2.24, 2.45) is 4.99 Å². The summed E-state index contributed by atoms with van der Waals surface area (Å²) in [5, 5.41) is 0.770. The summed E-state index contributed by atoms with van der Waals surface area (Å²) in [4.78, 5) is 7.09. The highest BCUT2D eigenvalue weighted by atomic mass is 35.5. The number of amidine groups is 1. The molecule has 0 atom stereocenters. The lowest BCUT2D eigenvalue weighted by molar-refractivity contribution is 0.595. The first-order valence-electron chi connectivity index (χ1n) is 6.88. The molecular formula is C16H21ClN2. The van der Waals surface area contributed by atoms with Gasteiger partial charge in [-0.3, -0.25) is 0 Å². The van der Waals surface area contributed by atoms with Gasteiger partial charge in [0.2, 0.25) is 0 Å². The standard InChI is InChI=1S/C16H21ClN2/c1-4-12(2)11-19-9-5-6-16(19)18-15-8-7-14(17)10-13(15)3/h7-8,10-11H,4-6,9H2,1-3H3/b12-11-,18-16?. The summed E-state index contributed by atoms with van der Waals surface area (Å²) >= 11 is 5.98. The Labute approximate surface area is 120 Å². The highest BCUT2D eigenvalue weighted by Crippen LogP contribution is 2.25. The van der Waals surface area contributed by atoms with Crippen LogP contribution in [0.5, 0.6) is 0 Å². The Morgan fingerprint density at radius 3 is 2.95 bits per heavy atom. The Hall–Kier alpha value is -1.28. The number of aliphatic imine (C=N–C) groups is 1. The molecule has 0 aliphatic carbocycles. The Balaban J connectivity index is 2.26. The van der Waals surface area contributed by atoms with Crippen LogP contribution >= 0.6 is 11.6 Å². The van der Waals surface area contributed by atoms with Gasteiger partial charge in [0.15, 0.2) is 0 Å².